The van der Waals surface area contributed by atoms with E-state index in [4.69, 9.17) is 0 Å². The number of nitrogens with zero attached hydrogens (tertiary/aromatic N) is 1. The molecule has 0 radical (unpaired) electrons. The van der Waals surface area contributed by atoms with E-state index in [0.29, 0.717) is 18.5 Å². The van der Waals surface area contributed by atoms with Crippen molar-refractivity contribution in [1.29, 1.82) is 0 Å². The van der Waals surface area contributed by atoms with Gasteiger partial charge in [-0.15, -0.1) is 0 Å². The van der Waals surface area contributed by atoms with Gasteiger partial charge in [0.15, 0.2) is 0 Å². The SMILES string of the molecule is CCC(CC)(CCO)CNC(=O)c1cccc(-c2ccccn2)c1C. The van der Waals surface area contributed by atoms with Gasteiger partial charge in [-0.2, -0.15) is 0 Å². The molecule has 0 spiro atoms. The van der Waals surface area contributed by atoms with Crippen molar-refractivity contribution in [2.45, 2.75) is 40.0 Å². The summed E-state index contributed by atoms with van der Waals surface area (Å²) in [4.78, 5) is 17.1. The molecule has 0 aliphatic carbocycles. The molecule has 1 heterocycles. The van der Waals surface area contributed by atoms with E-state index in [1.54, 1.807) is 6.20 Å². The van der Waals surface area contributed by atoms with Crippen molar-refractivity contribution in [3.63, 3.8) is 0 Å². The summed E-state index contributed by atoms with van der Waals surface area (Å²) in [5.41, 5.74) is 3.40. The van der Waals surface area contributed by atoms with Crippen LogP contribution in [-0.4, -0.2) is 29.1 Å². The molecule has 25 heavy (non-hydrogen) atoms. The lowest BCUT2D eigenvalue weighted by Crippen LogP contribution is -2.38. The molecule has 4 heteroatoms. The van der Waals surface area contributed by atoms with Crippen molar-refractivity contribution >= 4 is 5.91 Å². The Kier molecular flexibility index (Phi) is 6.71. The van der Waals surface area contributed by atoms with Gasteiger partial charge in [0.05, 0.1) is 5.69 Å². The second kappa shape index (κ2) is 8.77. The van der Waals surface area contributed by atoms with Crippen LogP contribution in [0.4, 0.5) is 0 Å². The molecule has 0 saturated carbocycles. The summed E-state index contributed by atoms with van der Waals surface area (Å²) in [6.45, 7) is 6.90. The number of hydrogen-bond acceptors (Lipinski definition) is 3. The fourth-order valence-corrected chi connectivity index (χ4v) is 3.22. The van der Waals surface area contributed by atoms with Crippen molar-refractivity contribution < 1.29 is 9.90 Å². The number of hydrogen-bond donors (Lipinski definition) is 2. The quantitative estimate of drug-likeness (QED) is 0.764. The number of rotatable bonds is 8. The van der Waals surface area contributed by atoms with Crippen molar-refractivity contribution in [3.8, 4) is 11.3 Å². The van der Waals surface area contributed by atoms with E-state index in [-0.39, 0.29) is 17.9 Å². The average Bonchev–Trinajstić information content (AvgIpc) is 2.66. The fraction of sp³-hybridized carbons (Fsp3) is 0.429. The first-order chi connectivity index (χ1) is 12.1. The van der Waals surface area contributed by atoms with Crippen LogP contribution in [0.1, 0.15) is 49.0 Å². The first kappa shape index (κ1) is 19.1. The van der Waals surface area contributed by atoms with Gasteiger partial charge >= 0.3 is 0 Å². The van der Waals surface area contributed by atoms with Crippen LogP contribution >= 0.6 is 0 Å². The molecule has 2 aromatic rings. The number of nitrogens with one attached hydrogen (secondary N) is 1. The zero-order valence-corrected chi connectivity index (χ0v) is 15.4. The van der Waals surface area contributed by atoms with Crippen molar-refractivity contribution in [1.82, 2.24) is 10.3 Å². The third kappa shape index (κ3) is 4.45. The molecule has 0 atom stereocenters. The molecular weight excluding hydrogens is 312 g/mol. The van der Waals surface area contributed by atoms with Crippen molar-refractivity contribution in [2.24, 2.45) is 5.41 Å². The molecule has 2 N–H and O–H groups in total. The number of pyridine rings is 1. The maximum Gasteiger partial charge on any atom is 0.251 e. The number of benzene rings is 1. The number of amides is 1. The highest BCUT2D eigenvalue weighted by molar-refractivity contribution is 5.97. The molecule has 0 bridgehead atoms. The maximum atomic E-state index is 12.7. The molecule has 0 aliphatic rings. The molecular formula is C21H28N2O2. The lowest BCUT2D eigenvalue weighted by Gasteiger charge is -2.31. The predicted octanol–water partition coefficient (Wildman–Crippen LogP) is 3.98. The van der Waals surface area contributed by atoms with Crippen LogP contribution in [0.3, 0.4) is 0 Å². The van der Waals surface area contributed by atoms with Gasteiger partial charge in [-0.25, -0.2) is 0 Å². The van der Waals surface area contributed by atoms with Gasteiger partial charge in [0.25, 0.3) is 5.91 Å². The predicted molar refractivity (Wildman–Crippen MR) is 101 cm³/mol. The normalized spacial score (nSPS) is 11.4. The maximum absolute atomic E-state index is 12.7. The Labute approximate surface area is 150 Å². The summed E-state index contributed by atoms with van der Waals surface area (Å²) in [7, 11) is 0. The second-order valence-corrected chi connectivity index (χ2v) is 6.56. The second-order valence-electron chi connectivity index (χ2n) is 6.56. The molecule has 0 unspecified atom stereocenters. The molecule has 0 aliphatic heterocycles. The fourth-order valence-electron chi connectivity index (χ4n) is 3.22. The standard InChI is InChI=1S/C21H28N2O2/c1-4-21(5-2,12-14-24)15-23-20(25)18-10-8-9-17(16(18)3)19-11-6-7-13-22-19/h6-11,13,24H,4-5,12,14-15H2,1-3H3,(H,23,25). The summed E-state index contributed by atoms with van der Waals surface area (Å²) < 4.78 is 0. The Morgan fingerprint density at radius 1 is 1.16 bits per heavy atom. The summed E-state index contributed by atoms with van der Waals surface area (Å²) in [6.07, 6.45) is 4.31. The third-order valence-electron chi connectivity index (χ3n) is 5.29. The van der Waals surface area contributed by atoms with Crippen LogP contribution in [0.5, 0.6) is 0 Å². The minimum absolute atomic E-state index is 0.0447. The van der Waals surface area contributed by atoms with Gasteiger partial charge < -0.3 is 10.4 Å². The Balaban J connectivity index is 2.20. The number of carbonyl (C=O) groups excluding carboxylic acids is 1. The van der Waals surface area contributed by atoms with Gasteiger partial charge in [0.1, 0.15) is 0 Å². The summed E-state index contributed by atoms with van der Waals surface area (Å²) in [5, 5.41) is 12.4. The average molecular weight is 340 g/mol. The minimum atomic E-state index is -0.0699. The van der Waals surface area contributed by atoms with E-state index in [2.05, 4.69) is 24.1 Å². The number of aromatic nitrogens is 1. The van der Waals surface area contributed by atoms with Gasteiger partial charge in [0.2, 0.25) is 0 Å². The lowest BCUT2D eigenvalue weighted by molar-refractivity contribution is 0.0906. The zero-order valence-electron chi connectivity index (χ0n) is 15.4. The number of carbonyl (C=O) groups is 1. The molecule has 4 nitrogen and oxygen atoms in total. The van der Waals surface area contributed by atoms with Gasteiger partial charge in [-0.1, -0.05) is 32.0 Å². The Morgan fingerprint density at radius 3 is 2.52 bits per heavy atom. The topological polar surface area (TPSA) is 62.2 Å². The highest BCUT2D eigenvalue weighted by atomic mass is 16.3. The molecule has 0 saturated heterocycles. The summed E-state index contributed by atoms with van der Waals surface area (Å²) in [6, 6.07) is 11.5. The van der Waals surface area contributed by atoms with Crippen LogP contribution in [-0.2, 0) is 0 Å². The molecule has 1 aromatic carbocycles. The molecule has 2 rings (SSSR count). The third-order valence-corrected chi connectivity index (χ3v) is 5.29. The van der Waals surface area contributed by atoms with E-state index < -0.39 is 0 Å². The number of aliphatic hydroxyl groups is 1. The first-order valence-electron chi connectivity index (χ1n) is 8.97. The van der Waals surface area contributed by atoms with E-state index in [1.807, 2.05) is 43.3 Å². The molecule has 1 aromatic heterocycles. The van der Waals surface area contributed by atoms with E-state index in [0.717, 1.165) is 29.7 Å². The van der Waals surface area contributed by atoms with E-state index in [1.165, 1.54) is 0 Å². The summed E-state index contributed by atoms with van der Waals surface area (Å²) >= 11 is 0. The van der Waals surface area contributed by atoms with Crippen molar-refractivity contribution in [3.05, 3.63) is 53.7 Å². The molecule has 0 fully saturated rings. The summed E-state index contributed by atoms with van der Waals surface area (Å²) in [5.74, 6) is -0.0699. The van der Waals surface area contributed by atoms with Crippen molar-refractivity contribution in [2.75, 3.05) is 13.2 Å². The Morgan fingerprint density at radius 2 is 1.92 bits per heavy atom. The van der Waals surface area contributed by atoms with Crippen LogP contribution < -0.4 is 5.32 Å². The van der Waals surface area contributed by atoms with Crippen LogP contribution in [0.2, 0.25) is 0 Å². The first-order valence-corrected chi connectivity index (χ1v) is 8.97. The van der Waals surface area contributed by atoms with Gasteiger partial charge in [-0.3, -0.25) is 9.78 Å². The van der Waals surface area contributed by atoms with Crippen LogP contribution in [0.25, 0.3) is 11.3 Å². The largest absolute Gasteiger partial charge is 0.396 e. The highest BCUT2D eigenvalue weighted by Gasteiger charge is 2.26. The van der Waals surface area contributed by atoms with E-state index in [9.17, 15) is 9.90 Å². The monoisotopic (exact) mass is 340 g/mol. The van der Waals surface area contributed by atoms with Crippen LogP contribution in [0, 0.1) is 12.3 Å². The van der Waals surface area contributed by atoms with E-state index >= 15 is 0 Å². The van der Waals surface area contributed by atoms with Crippen LogP contribution in [0.15, 0.2) is 42.6 Å². The molecule has 1 amide bonds. The Bertz CT molecular complexity index is 694. The van der Waals surface area contributed by atoms with Gasteiger partial charge in [-0.05, 0) is 55.4 Å². The zero-order chi connectivity index (χ0) is 18.3. The smallest absolute Gasteiger partial charge is 0.251 e. The number of aliphatic hydroxyl groups excluding tert-OH is 1. The minimum Gasteiger partial charge on any atom is -0.396 e. The Hall–Kier alpha value is -2.20. The highest BCUT2D eigenvalue weighted by Crippen LogP contribution is 2.30. The van der Waals surface area contributed by atoms with Gasteiger partial charge in [0, 0.05) is 30.5 Å². The lowest BCUT2D eigenvalue weighted by atomic mass is 9.79. The molecule has 134 valence electrons.